The summed E-state index contributed by atoms with van der Waals surface area (Å²) in [4.78, 5) is 49.9. The van der Waals surface area contributed by atoms with Gasteiger partial charge >= 0.3 is 6.18 Å². The molecule has 2 N–H and O–H groups in total. The van der Waals surface area contributed by atoms with Gasteiger partial charge in [0.25, 0.3) is 11.8 Å². The van der Waals surface area contributed by atoms with E-state index in [1.807, 2.05) is 0 Å². The minimum absolute atomic E-state index is 0.0506. The van der Waals surface area contributed by atoms with Gasteiger partial charge in [-0.1, -0.05) is 18.2 Å². The number of nitrogens with one attached hydrogen (secondary N) is 2. The highest BCUT2D eigenvalue weighted by molar-refractivity contribution is 6.05. The molecule has 166 valence electrons. The summed E-state index contributed by atoms with van der Waals surface area (Å²) in [7, 11) is 0. The molecule has 2 heterocycles. The second-order valence-corrected chi connectivity index (χ2v) is 7.65. The molecule has 0 radical (unpaired) electrons. The number of carbonyl (C=O) groups excluding carboxylic acids is 4. The number of carbonyl (C=O) groups is 4. The second kappa shape index (κ2) is 8.10. The number of hydrogen-bond acceptors (Lipinski definition) is 4. The van der Waals surface area contributed by atoms with Gasteiger partial charge < -0.3 is 10.2 Å². The fourth-order valence-electron chi connectivity index (χ4n) is 3.86. The highest BCUT2D eigenvalue weighted by Crippen LogP contribution is 2.30. The van der Waals surface area contributed by atoms with Crippen molar-refractivity contribution in [2.24, 2.45) is 0 Å². The van der Waals surface area contributed by atoms with E-state index < -0.39 is 29.6 Å². The van der Waals surface area contributed by atoms with Crippen LogP contribution in [0.5, 0.6) is 0 Å². The zero-order chi connectivity index (χ0) is 23.0. The van der Waals surface area contributed by atoms with Crippen molar-refractivity contribution in [3.63, 3.8) is 0 Å². The van der Waals surface area contributed by atoms with Gasteiger partial charge in [-0.15, -0.1) is 0 Å². The van der Waals surface area contributed by atoms with E-state index in [0.717, 1.165) is 12.1 Å². The Kier molecular flexibility index (Phi) is 5.45. The Morgan fingerprint density at radius 3 is 2.62 bits per heavy atom. The number of rotatable bonds is 4. The lowest BCUT2D eigenvalue weighted by molar-refractivity contribution is -0.138. The van der Waals surface area contributed by atoms with Crippen LogP contribution in [0.1, 0.15) is 50.2 Å². The largest absolute Gasteiger partial charge is 0.416 e. The summed E-state index contributed by atoms with van der Waals surface area (Å²) in [5, 5.41) is 4.81. The molecule has 4 rings (SSSR count). The SMILES string of the molecule is O=C1CCC(N2Cc3cc(CNC(=O)c4cccc(C(F)(F)F)c4)ccc3C2=O)C(=O)N1. The monoisotopic (exact) mass is 445 g/mol. The summed E-state index contributed by atoms with van der Waals surface area (Å²) in [6.07, 6.45) is -4.13. The van der Waals surface area contributed by atoms with Gasteiger partial charge in [-0.2, -0.15) is 13.2 Å². The molecule has 10 heteroatoms. The van der Waals surface area contributed by atoms with Crippen molar-refractivity contribution < 1.29 is 32.3 Å². The van der Waals surface area contributed by atoms with Gasteiger partial charge in [0.2, 0.25) is 11.8 Å². The first kappa shape index (κ1) is 21.5. The Morgan fingerprint density at radius 2 is 1.91 bits per heavy atom. The van der Waals surface area contributed by atoms with Crippen molar-refractivity contribution in [2.45, 2.75) is 38.1 Å². The molecule has 2 aromatic carbocycles. The minimum atomic E-state index is -4.54. The van der Waals surface area contributed by atoms with Crippen LogP contribution in [0.15, 0.2) is 42.5 Å². The van der Waals surface area contributed by atoms with E-state index in [1.165, 1.54) is 17.0 Å². The molecule has 1 saturated heterocycles. The van der Waals surface area contributed by atoms with Crippen molar-refractivity contribution in [3.8, 4) is 0 Å². The fourth-order valence-corrected chi connectivity index (χ4v) is 3.86. The number of piperidine rings is 1. The zero-order valence-corrected chi connectivity index (χ0v) is 16.7. The van der Waals surface area contributed by atoms with Crippen LogP contribution in [0.2, 0.25) is 0 Å². The predicted octanol–water partition coefficient (Wildman–Crippen LogP) is 2.40. The third kappa shape index (κ3) is 4.20. The molecular formula is C22H18F3N3O4. The van der Waals surface area contributed by atoms with E-state index in [9.17, 15) is 32.3 Å². The van der Waals surface area contributed by atoms with Crippen LogP contribution < -0.4 is 10.6 Å². The molecule has 1 fully saturated rings. The lowest BCUT2D eigenvalue weighted by Gasteiger charge is -2.29. The maximum atomic E-state index is 12.8. The van der Waals surface area contributed by atoms with Gasteiger partial charge in [0.1, 0.15) is 6.04 Å². The molecule has 0 spiro atoms. The van der Waals surface area contributed by atoms with Crippen LogP contribution in [-0.2, 0) is 28.9 Å². The molecule has 4 amide bonds. The Hall–Kier alpha value is -3.69. The molecule has 1 unspecified atom stereocenters. The van der Waals surface area contributed by atoms with Gasteiger partial charge in [0.05, 0.1) is 5.56 Å². The molecule has 2 aliphatic heterocycles. The third-order valence-electron chi connectivity index (χ3n) is 5.49. The maximum Gasteiger partial charge on any atom is 0.416 e. The van der Waals surface area contributed by atoms with Crippen molar-refractivity contribution in [2.75, 3.05) is 0 Å². The number of amides is 4. The fraction of sp³-hybridized carbons (Fsp3) is 0.273. The van der Waals surface area contributed by atoms with Crippen molar-refractivity contribution in [1.29, 1.82) is 0 Å². The van der Waals surface area contributed by atoms with Crippen LogP contribution in [0.4, 0.5) is 13.2 Å². The van der Waals surface area contributed by atoms with Crippen LogP contribution in [0.3, 0.4) is 0 Å². The summed E-state index contributed by atoms with van der Waals surface area (Å²) in [5.41, 5.74) is 0.741. The number of imide groups is 1. The van der Waals surface area contributed by atoms with E-state index in [4.69, 9.17) is 0 Å². The van der Waals surface area contributed by atoms with E-state index >= 15 is 0 Å². The number of nitrogens with zero attached hydrogens (tertiary/aromatic N) is 1. The molecular weight excluding hydrogens is 427 g/mol. The summed E-state index contributed by atoms with van der Waals surface area (Å²) in [5.74, 6) is -1.84. The quantitative estimate of drug-likeness (QED) is 0.707. The van der Waals surface area contributed by atoms with E-state index in [0.29, 0.717) is 16.7 Å². The Bertz CT molecular complexity index is 1130. The summed E-state index contributed by atoms with van der Waals surface area (Å²) in [6, 6.07) is 8.36. The van der Waals surface area contributed by atoms with Gasteiger partial charge in [-0.3, -0.25) is 24.5 Å². The Labute approximate surface area is 180 Å². The van der Waals surface area contributed by atoms with Crippen LogP contribution in [0, 0.1) is 0 Å². The van der Waals surface area contributed by atoms with Gasteiger partial charge in [0, 0.05) is 30.6 Å². The Morgan fingerprint density at radius 1 is 1.12 bits per heavy atom. The molecule has 0 aliphatic carbocycles. The lowest BCUT2D eigenvalue weighted by atomic mass is 10.0. The third-order valence-corrected chi connectivity index (χ3v) is 5.49. The smallest absolute Gasteiger partial charge is 0.348 e. The second-order valence-electron chi connectivity index (χ2n) is 7.65. The average molecular weight is 445 g/mol. The molecule has 32 heavy (non-hydrogen) atoms. The van der Waals surface area contributed by atoms with E-state index in [2.05, 4.69) is 10.6 Å². The van der Waals surface area contributed by atoms with Gasteiger partial charge in [0.15, 0.2) is 0 Å². The minimum Gasteiger partial charge on any atom is -0.348 e. The summed E-state index contributed by atoms with van der Waals surface area (Å²) >= 11 is 0. The summed E-state index contributed by atoms with van der Waals surface area (Å²) < 4.78 is 38.5. The normalized spacial score (nSPS) is 18.4. The standard InChI is InChI=1S/C22H18F3N3O4/c23-22(24,25)15-3-1-2-13(9-15)19(30)26-10-12-4-5-16-14(8-12)11-28(21(16)32)17-6-7-18(29)27-20(17)31/h1-5,8-9,17H,6-7,10-11H2,(H,26,30)(H,27,29,31). The topological polar surface area (TPSA) is 95.6 Å². The average Bonchev–Trinajstić information content (AvgIpc) is 3.07. The number of fused-ring (bicyclic) bond motifs is 1. The van der Waals surface area contributed by atoms with Crippen molar-refractivity contribution >= 4 is 23.6 Å². The van der Waals surface area contributed by atoms with Crippen LogP contribution >= 0.6 is 0 Å². The zero-order valence-electron chi connectivity index (χ0n) is 16.7. The molecule has 0 bridgehead atoms. The van der Waals surface area contributed by atoms with Crippen molar-refractivity contribution in [1.82, 2.24) is 15.5 Å². The molecule has 1 atom stereocenters. The van der Waals surface area contributed by atoms with E-state index in [-0.39, 0.29) is 43.3 Å². The van der Waals surface area contributed by atoms with Crippen LogP contribution in [-0.4, -0.2) is 34.6 Å². The first-order valence-corrected chi connectivity index (χ1v) is 9.85. The number of halogens is 3. The van der Waals surface area contributed by atoms with E-state index in [1.54, 1.807) is 18.2 Å². The maximum absolute atomic E-state index is 12.8. The van der Waals surface area contributed by atoms with Crippen LogP contribution in [0.25, 0.3) is 0 Å². The number of alkyl halides is 3. The Balaban J connectivity index is 1.43. The number of hydrogen-bond donors (Lipinski definition) is 2. The van der Waals surface area contributed by atoms with Gasteiger partial charge in [-0.25, -0.2) is 0 Å². The number of benzene rings is 2. The predicted molar refractivity (Wildman–Crippen MR) is 105 cm³/mol. The highest BCUT2D eigenvalue weighted by atomic mass is 19.4. The molecule has 2 aromatic rings. The first-order valence-electron chi connectivity index (χ1n) is 9.85. The molecule has 0 aromatic heterocycles. The molecule has 7 nitrogen and oxygen atoms in total. The van der Waals surface area contributed by atoms with Gasteiger partial charge in [-0.05, 0) is 41.8 Å². The van der Waals surface area contributed by atoms with Crippen molar-refractivity contribution in [3.05, 3.63) is 70.3 Å². The molecule has 2 aliphatic rings. The first-order chi connectivity index (χ1) is 15.1. The lowest BCUT2D eigenvalue weighted by Crippen LogP contribution is -2.52. The highest BCUT2D eigenvalue weighted by Gasteiger charge is 2.39. The summed E-state index contributed by atoms with van der Waals surface area (Å²) in [6.45, 7) is 0.241. The molecule has 0 saturated carbocycles.